The molecule has 0 aliphatic heterocycles. The number of amides is 1. The Morgan fingerprint density at radius 1 is 1.12 bits per heavy atom. The van der Waals surface area contributed by atoms with Crippen LogP contribution in [0.25, 0.3) is 0 Å². The van der Waals surface area contributed by atoms with Gasteiger partial charge in [-0.3, -0.25) is 4.79 Å². The topological polar surface area (TPSA) is 29.1 Å². The molecule has 17 heavy (non-hydrogen) atoms. The van der Waals surface area contributed by atoms with E-state index in [1.165, 1.54) is 5.56 Å². The molecule has 1 amide bonds. The van der Waals surface area contributed by atoms with Gasteiger partial charge >= 0.3 is 0 Å². The smallest absolute Gasteiger partial charge is 0.220 e. The van der Waals surface area contributed by atoms with Crippen LogP contribution in [0.5, 0.6) is 0 Å². The Kier molecular flexibility index (Phi) is 7.72. The van der Waals surface area contributed by atoms with Crippen LogP contribution in [-0.4, -0.2) is 17.8 Å². The minimum absolute atomic E-state index is 0.176. The van der Waals surface area contributed by atoms with Crippen molar-refractivity contribution in [2.45, 2.75) is 32.1 Å². The Hall–Kier alpha value is -0.830. The minimum Gasteiger partial charge on any atom is -0.356 e. The fraction of sp³-hybridized carbons (Fsp3) is 0.500. The number of carbonyl (C=O) groups excluding carboxylic acids is 1. The van der Waals surface area contributed by atoms with Crippen LogP contribution in [0.2, 0.25) is 0 Å². The van der Waals surface area contributed by atoms with E-state index in [2.05, 4.69) is 33.4 Å². The maximum Gasteiger partial charge on any atom is 0.220 e. The summed E-state index contributed by atoms with van der Waals surface area (Å²) in [7, 11) is 0. The van der Waals surface area contributed by atoms with E-state index in [1.54, 1.807) is 0 Å². The monoisotopic (exact) mass is 297 g/mol. The van der Waals surface area contributed by atoms with Crippen LogP contribution in [0.15, 0.2) is 30.3 Å². The molecule has 94 valence electrons. The van der Waals surface area contributed by atoms with Crippen LogP contribution in [0, 0.1) is 0 Å². The molecule has 1 aromatic rings. The van der Waals surface area contributed by atoms with Gasteiger partial charge in [-0.05, 0) is 24.8 Å². The van der Waals surface area contributed by atoms with Gasteiger partial charge in [0.2, 0.25) is 5.91 Å². The van der Waals surface area contributed by atoms with Crippen LogP contribution >= 0.6 is 15.9 Å². The molecule has 0 atom stereocenters. The van der Waals surface area contributed by atoms with Gasteiger partial charge in [-0.1, -0.05) is 52.7 Å². The highest BCUT2D eigenvalue weighted by Crippen LogP contribution is 2.02. The van der Waals surface area contributed by atoms with E-state index in [0.29, 0.717) is 6.42 Å². The van der Waals surface area contributed by atoms with Crippen molar-refractivity contribution >= 4 is 21.8 Å². The van der Waals surface area contributed by atoms with E-state index in [1.807, 2.05) is 18.2 Å². The second-order valence-electron chi connectivity index (χ2n) is 4.09. The number of benzene rings is 1. The summed E-state index contributed by atoms with van der Waals surface area (Å²) >= 11 is 3.38. The standard InChI is InChI=1S/C14H20BrNO/c15-11-6-2-5-9-14(17)16-12-10-13-7-3-1-4-8-13/h1,3-4,7-8H,2,5-6,9-12H2,(H,16,17). The molecule has 0 saturated heterocycles. The lowest BCUT2D eigenvalue weighted by atomic mass is 10.1. The molecule has 0 aromatic heterocycles. The van der Waals surface area contributed by atoms with Crippen molar-refractivity contribution in [1.29, 1.82) is 0 Å². The van der Waals surface area contributed by atoms with Gasteiger partial charge in [-0.15, -0.1) is 0 Å². The molecule has 0 aliphatic carbocycles. The van der Waals surface area contributed by atoms with Crippen molar-refractivity contribution in [1.82, 2.24) is 5.32 Å². The van der Waals surface area contributed by atoms with Crippen LogP contribution in [0.4, 0.5) is 0 Å². The van der Waals surface area contributed by atoms with Crippen LogP contribution in [-0.2, 0) is 11.2 Å². The summed E-state index contributed by atoms with van der Waals surface area (Å²) in [5.74, 6) is 0.176. The Morgan fingerprint density at radius 3 is 2.59 bits per heavy atom. The molecule has 1 rings (SSSR count). The maximum absolute atomic E-state index is 11.5. The molecule has 0 saturated carbocycles. The summed E-state index contributed by atoms with van der Waals surface area (Å²) in [6.07, 6.45) is 4.83. The molecule has 0 spiro atoms. The van der Waals surface area contributed by atoms with Crippen molar-refractivity contribution in [2.24, 2.45) is 0 Å². The zero-order valence-electron chi connectivity index (χ0n) is 10.1. The Balaban J connectivity index is 2.04. The second kappa shape index (κ2) is 9.23. The molecule has 0 heterocycles. The van der Waals surface area contributed by atoms with Gasteiger partial charge in [0.05, 0.1) is 0 Å². The molecular formula is C14H20BrNO. The maximum atomic E-state index is 11.5. The molecule has 3 heteroatoms. The number of unbranched alkanes of at least 4 members (excludes halogenated alkanes) is 2. The zero-order chi connectivity index (χ0) is 12.3. The lowest BCUT2D eigenvalue weighted by molar-refractivity contribution is -0.121. The minimum atomic E-state index is 0.176. The van der Waals surface area contributed by atoms with Crippen molar-refractivity contribution in [3.8, 4) is 0 Å². The first-order chi connectivity index (χ1) is 8.33. The highest BCUT2D eigenvalue weighted by Gasteiger charge is 2.00. The zero-order valence-corrected chi connectivity index (χ0v) is 11.7. The van der Waals surface area contributed by atoms with Gasteiger partial charge in [0.1, 0.15) is 0 Å². The molecule has 0 aliphatic rings. The largest absolute Gasteiger partial charge is 0.356 e. The average molecular weight is 298 g/mol. The van der Waals surface area contributed by atoms with Crippen molar-refractivity contribution in [3.05, 3.63) is 35.9 Å². The lowest BCUT2D eigenvalue weighted by Crippen LogP contribution is -2.25. The number of hydrogen-bond donors (Lipinski definition) is 1. The highest BCUT2D eigenvalue weighted by molar-refractivity contribution is 9.09. The molecule has 1 aromatic carbocycles. The number of alkyl halides is 1. The van der Waals surface area contributed by atoms with Crippen molar-refractivity contribution in [3.63, 3.8) is 0 Å². The predicted molar refractivity (Wildman–Crippen MR) is 75.4 cm³/mol. The third kappa shape index (κ3) is 7.16. The number of halogens is 1. The van der Waals surface area contributed by atoms with E-state index >= 15 is 0 Å². The van der Waals surface area contributed by atoms with Gasteiger partial charge in [0.15, 0.2) is 0 Å². The van der Waals surface area contributed by atoms with E-state index in [4.69, 9.17) is 0 Å². The van der Waals surface area contributed by atoms with Gasteiger partial charge in [0.25, 0.3) is 0 Å². The van der Waals surface area contributed by atoms with E-state index in [0.717, 1.165) is 37.6 Å². The molecule has 0 unspecified atom stereocenters. The Morgan fingerprint density at radius 2 is 1.88 bits per heavy atom. The molecule has 1 N–H and O–H groups in total. The first kappa shape index (κ1) is 14.2. The number of rotatable bonds is 8. The molecular weight excluding hydrogens is 278 g/mol. The summed E-state index contributed by atoms with van der Waals surface area (Å²) in [4.78, 5) is 11.5. The summed E-state index contributed by atoms with van der Waals surface area (Å²) in [5.41, 5.74) is 1.27. The molecule has 2 nitrogen and oxygen atoms in total. The van der Waals surface area contributed by atoms with Gasteiger partial charge < -0.3 is 5.32 Å². The molecule has 0 radical (unpaired) electrons. The second-order valence-corrected chi connectivity index (χ2v) is 4.88. The fourth-order valence-electron chi connectivity index (χ4n) is 1.64. The summed E-state index contributed by atoms with van der Waals surface area (Å²) < 4.78 is 0. The number of nitrogens with one attached hydrogen (secondary N) is 1. The lowest BCUT2D eigenvalue weighted by Gasteiger charge is -2.05. The van der Waals surface area contributed by atoms with Crippen LogP contribution in [0.3, 0.4) is 0 Å². The fourth-order valence-corrected chi connectivity index (χ4v) is 2.03. The first-order valence-electron chi connectivity index (χ1n) is 6.19. The van der Waals surface area contributed by atoms with E-state index in [9.17, 15) is 4.79 Å². The van der Waals surface area contributed by atoms with Gasteiger partial charge in [-0.2, -0.15) is 0 Å². The average Bonchev–Trinajstić information content (AvgIpc) is 2.36. The Labute approximate surface area is 112 Å². The Bertz CT molecular complexity index is 313. The first-order valence-corrected chi connectivity index (χ1v) is 7.31. The van der Waals surface area contributed by atoms with Crippen LogP contribution < -0.4 is 5.32 Å². The highest BCUT2D eigenvalue weighted by atomic mass is 79.9. The van der Waals surface area contributed by atoms with E-state index < -0.39 is 0 Å². The summed E-state index contributed by atoms with van der Waals surface area (Å²) in [5, 5.41) is 3.99. The third-order valence-electron chi connectivity index (χ3n) is 2.62. The van der Waals surface area contributed by atoms with E-state index in [-0.39, 0.29) is 5.91 Å². The third-order valence-corrected chi connectivity index (χ3v) is 3.18. The van der Waals surface area contributed by atoms with Crippen LogP contribution in [0.1, 0.15) is 31.2 Å². The summed E-state index contributed by atoms with van der Waals surface area (Å²) in [6.45, 7) is 0.737. The van der Waals surface area contributed by atoms with Crippen molar-refractivity contribution < 1.29 is 4.79 Å². The quantitative estimate of drug-likeness (QED) is 0.579. The molecule has 0 bridgehead atoms. The van der Waals surface area contributed by atoms with Gasteiger partial charge in [0, 0.05) is 18.3 Å². The predicted octanol–water partition coefficient (Wildman–Crippen LogP) is 3.30. The molecule has 0 fully saturated rings. The van der Waals surface area contributed by atoms with Gasteiger partial charge in [-0.25, -0.2) is 0 Å². The van der Waals surface area contributed by atoms with Crippen molar-refractivity contribution in [2.75, 3.05) is 11.9 Å². The number of carbonyl (C=O) groups is 1. The SMILES string of the molecule is O=C(CCCCCBr)NCCc1ccccc1. The number of hydrogen-bond acceptors (Lipinski definition) is 1. The normalized spacial score (nSPS) is 10.2. The summed E-state index contributed by atoms with van der Waals surface area (Å²) in [6, 6.07) is 10.2.